The number of halogens is 2. The van der Waals surface area contributed by atoms with Crippen molar-refractivity contribution in [3.8, 4) is 0 Å². The number of hydrogen-bond acceptors (Lipinski definition) is 5. The van der Waals surface area contributed by atoms with Crippen LogP contribution in [0.2, 0.25) is 0 Å². The number of unbranched alkanes of at least 4 members (excludes halogenated alkanes) is 2. The van der Waals surface area contributed by atoms with Crippen LogP contribution in [0.5, 0.6) is 0 Å². The SMILES string of the molecule is CCCCCOC[C@@H](O)[C@H](O)[C@H](Cc1cc(F)cc(F)c1)NC(=O)c1cc(C)cc(C(=O)N(CCC)CCC)c1. The minimum atomic E-state index is -1.49. The van der Waals surface area contributed by atoms with Crippen molar-refractivity contribution >= 4 is 11.8 Å². The summed E-state index contributed by atoms with van der Waals surface area (Å²) in [6.07, 6.45) is 1.41. The van der Waals surface area contributed by atoms with Crippen LogP contribution in [0.4, 0.5) is 8.78 Å². The molecule has 222 valence electrons. The van der Waals surface area contributed by atoms with Crippen molar-refractivity contribution in [1.82, 2.24) is 10.2 Å². The largest absolute Gasteiger partial charge is 0.388 e. The number of nitrogens with zero attached hydrogens (tertiary/aromatic N) is 1. The van der Waals surface area contributed by atoms with Crippen molar-refractivity contribution < 1.29 is 33.3 Å². The van der Waals surface area contributed by atoms with E-state index in [0.29, 0.717) is 30.8 Å². The highest BCUT2D eigenvalue weighted by atomic mass is 19.1. The molecule has 7 nitrogen and oxygen atoms in total. The van der Waals surface area contributed by atoms with E-state index in [9.17, 15) is 28.6 Å². The first-order valence-corrected chi connectivity index (χ1v) is 14.2. The lowest BCUT2D eigenvalue weighted by Gasteiger charge is -2.28. The van der Waals surface area contributed by atoms with Gasteiger partial charge in [0.15, 0.2) is 0 Å². The Morgan fingerprint density at radius 3 is 2.12 bits per heavy atom. The number of aliphatic hydroxyl groups excluding tert-OH is 2. The van der Waals surface area contributed by atoms with Gasteiger partial charge in [-0.15, -0.1) is 0 Å². The number of ether oxygens (including phenoxy) is 1. The molecule has 9 heteroatoms. The lowest BCUT2D eigenvalue weighted by atomic mass is 9.96. The molecular formula is C31H44F2N2O5. The van der Waals surface area contributed by atoms with Gasteiger partial charge in [-0.3, -0.25) is 9.59 Å². The van der Waals surface area contributed by atoms with E-state index < -0.39 is 35.8 Å². The molecule has 2 aromatic rings. The van der Waals surface area contributed by atoms with Crippen LogP contribution < -0.4 is 5.32 Å². The lowest BCUT2D eigenvalue weighted by Crippen LogP contribution is -2.51. The third kappa shape index (κ3) is 10.6. The van der Waals surface area contributed by atoms with Crippen LogP contribution in [0, 0.1) is 18.6 Å². The van der Waals surface area contributed by atoms with Crippen LogP contribution in [-0.2, 0) is 11.2 Å². The van der Waals surface area contributed by atoms with Crippen molar-refractivity contribution in [3.63, 3.8) is 0 Å². The summed E-state index contributed by atoms with van der Waals surface area (Å²) in [7, 11) is 0. The third-order valence-corrected chi connectivity index (χ3v) is 6.54. The second-order valence-electron chi connectivity index (χ2n) is 10.3. The smallest absolute Gasteiger partial charge is 0.253 e. The van der Waals surface area contributed by atoms with Gasteiger partial charge < -0.3 is 25.2 Å². The summed E-state index contributed by atoms with van der Waals surface area (Å²) in [5, 5.41) is 24.3. The summed E-state index contributed by atoms with van der Waals surface area (Å²) >= 11 is 0. The van der Waals surface area contributed by atoms with E-state index in [-0.39, 0.29) is 30.1 Å². The average Bonchev–Trinajstić information content (AvgIpc) is 2.90. The van der Waals surface area contributed by atoms with E-state index >= 15 is 0 Å². The second kappa shape index (κ2) is 17.0. The molecule has 40 heavy (non-hydrogen) atoms. The summed E-state index contributed by atoms with van der Waals surface area (Å²) in [6, 6.07) is 6.71. The molecule has 0 saturated heterocycles. The molecule has 0 radical (unpaired) electrons. The quantitative estimate of drug-likeness (QED) is 0.241. The zero-order valence-electron chi connectivity index (χ0n) is 24.1. The highest BCUT2D eigenvalue weighted by Crippen LogP contribution is 2.17. The Kier molecular flexibility index (Phi) is 14.2. The number of aryl methyl sites for hydroxylation is 1. The zero-order valence-corrected chi connectivity index (χ0v) is 24.1. The van der Waals surface area contributed by atoms with Gasteiger partial charge in [-0.1, -0.05) is 33.6 Å². The number of benzene rings is 2. The van der Waals surface area contributed by atoms with E-state index in [2.05, 4.69) is 12.2 Å². The molecular weight excluding hydrogens is 518 g/mol. The highest BCUT2D eigenvalue weighted by molar-refractivity contribution is 6.00. The first-order chi connectivity index (χ1) is 19.1. The fraction of sp³-hybridized carbons (Fsp3) is 0.548. The van der Waals surface area contributed by atoms with Crippen LogP contribution in [-0.4, -0.2) is 71.5 Å². The van der Waals surface area contributed by atoms with Crippen molar-refractivity contribution in [1.29, 1.82) is 0 Å². The first kappa shape index (κ1) is 33.3. The van der Waals surface area contributed by atoms with Crippen LogP contribution in [0.3, 0.4) is 0 Å². The van der Waals surface area contributed by atoms with E-state index in [1.807, 2.05) is 13.8 Å². The van der Waals surface area contributed by atoms with Crippen LogP contribution in [0.1, 0.15) is 84.7 Å². The van der Waals surface area contributed by atoms with Crippen molar-refractivity contribution in [2.24, 2.45) is 0 Å². The van der Waals surface area contributed by atoms with Gasteiger partial charge in [-0.25, -0.2) is 8.78 Å². The normalized spacial score (nSPS) is 13.5. The molecule has 2 amide bonds. The lowest BCUT2D eigenvalue weighted by molar-refractivity contribution is -0.0511. The fourth-order valence-corrected chi connectivity index (χ4v) is 4.59. The van der Waals surface area contributed by atoms with Gasteiger partial charge >= 0.3 is 0 Å². The predicted octanol–water partition coefficient (Wildman–Crippen LogP) is 4.81. The monoisotopic (exact) mass is 562 g/mol. The predicted molar refractivity (Wildman–Crippen MR) is 151 cm³/mol. The molecule has 3 atom stereocenters. The number of rotatable bonds is 17. The molecule has 0 aliphatic rings. The van der Waals surface area contributed by atoms with Gasteiger partial charge in [-0.05, 0) is 74.1 Å². The molecule has 0 aliphatic heterocycles. The number of hydrogen-bond donors (Lipinski definition) is 3. The number of amides is 2. The maximum absolute atomic E-state index is 13.9. The Morgan fingerprint density at radius 1 is 0.900 bits per heavy atom. The van der Waals surface area contributed by atoms with E-state index in [0.717, 1.165) is 50.3 Å². The van der Waals surface area contributed by atoms with E-state index in [1.54, 1.807) is 24.0 Å². The molecule has 0 bridgehead atoms. The molecule has 0 unspecified atom stereocenters. The molecule has 0 aliphatic carbocycles. The standard InChI is InChI=1S/C31H44F2N2O5/c1-5-8-9-12-40-20-28(36)29(37)27(17-22-15-25(32)19-26(33)16-22)34-30(38)23-13-21(4)14-24(18-23)31(39)35(10-6-2)11-7-3/h13-16,18-19,27-29,36-37H,5-12,17,20H2,1-4H3,(H,34,38)/t27-,28+,29+/m0/s1. The maximum atomic E-state index is 13.9. The second-order valence-corrected chi connectivity index (χ2v) is 10.3. The summed E-state index contributed by atoms with van der Waals surface area (Å²) < 4.78 is 33.2. The van der Waals surface area contributed by atoms with Crippen LogP contribution >= 0.6 is 0 Å². The Morgan fingerprint density at radius 2 is 1.52 bits per heavy atom. The Bertz CT molecular complexity index is 1070. The molecule has 2 aromatic carbocycles. The Labute approximate surface area is 236 Å². The van der Waals surface area contributed by atoms with Gasteiger partial charge in [0, 0.05) is 36.9 Å². The maximum Gasteiger partial charge on any atom is 0.253 e. The van der Waals surface area contributed by atoms with Crippen LogP contribution in [0.25, 0.3) is 0 Å². The first-order valence-electron chi connectivity index (χ1n) is 14.2. The molecule has 0 aromatic heterocycles. The third-order valence-electron chi connectivity index (χ3n) is 6.54. The molecule has 3 N–H and O–H groups in total. The van der Waals surface area contributed by atoms with Gasteiger partial charge in [0.1, 0.15) is 23.8 Å². The number of nitrogens with one attached hydrogen (secondary N) is 1. The van der Waals surface area contributed by atoms with Gasteiger partial charge in [0.05, 0.1) is 12.6 Å². The van der Waals surface area contributed by atoms with Crippen molar-refractivity contribution in [2.45, 2.75) is 84.5 Å². The minimum absolute atomic E-state index is 0.146. The summed E-state index contributed by atoms with van der Waals surface area (Å²) in [6.45, 7) is 9.26. The number of carbonyl (C=O) groups is 2. The van der Waals surface area contributed by atoms with Crippen molar-refractivity contribution in [3.05, 3.63) is 70.3 Å². The molecule has 0 fully saturated rings. The van der Waals surface area contributed by atoms with Crippen LogP contribution in [0.15, 0.2) is 36.4 Å². The van der Waals surface area contributed by atoms with Gasteiger partial charge in [0.2, 0.25) is 0 Å². The summed E-state index contributed by atoms with van der Waals surface area (Å²) in [5.74, 6) is -2.35. The average molecular weight is 563 g/mol. The highest BCUT2D eigenvalue weighted by Gasteiger charge is 2.29. The van der Waals surface area contributed by atoms with E-state index in [4.69, 9.17) is 4.74 Å². The Balaban J connectivity index is 2.28. The molecule has 0 heterocycles. The fourth-order valence-electron chi connectivity index (χ4n) is 4.59. The number of aliphatic hydroxyl groups is 2. The zero-order chi connectivity index (χ0) is 29.7. The minimum Gasteiger partial charge on any atom is -0.388 e. The summed E-state index contributed by atoms with van der Waals surface area (Å²) in [4.78, 5) is 28.3. The summed E-state index contributed by atoms with van der Waals surface area (Å²) in [5.41, 5.74) is 1.47. The van der Waals surface area contributed by atoms with Gasteiger partial charge in [-0.2, -0.15) is 0 Å². The molecule has 0 saturated carbocycles. The Hall–Kier alpha value is -2.88. The van der Waals surface area contributed by atoms with E-state index in [1.165, 1.54) is 6.07 Å². The topological polar surface area (TPSA) is 99.1 Å². The number of carbonyl (C=O) groups excluding carboxylic acids is 2. The molecule has 2 rings (SSSR count). The van der Waals surface area contributed by atoms with Gasteiger partial charge in [0.25, 0.3) is 11.8 Å². The molecule has 0 spiro atoms. The van der Waals surface area contributed by atoms with Crippen molar-refractivity contribution in [2.75, 3.05) is 26.3 Å².